The molecule has 0 atom stereocenters. The van der Waals surface area contributed by atoms with Gasteiger partial charge in [0, 0.05) is 36.2 Å². The van der Waals surface area contributed by atoms with E-state index in [1.54, 1.807) is 36.5 Å². The maximum atomic E-state index is 15.4. The van der Waals surface area contributed by atoms with Crippen LogP contribution in [0.15, 0.2) is 54.7 Å². The van der Waals surface area contributed by atoms with Crippen LogP contribution in [-0.4, -0.2) is 17.9 Å². The van der Waals surface area contributed by atoms with E-state index in [-0.39, 0.29) is 11.6 Å². The number of hydrogen-bond donors (Lipinski definition) is 0. The molecule has 0 saturated carbocycles. The summed E-state index contributed by atoms with van der Waals surface area (Å²) in [4.78, 5) is 15.9. The molecule has 0 unspecified atom stereocenters. The molecule has 0 aliphatic heterocycles. The van der Waals surface area contributed by atoms with Gasteiger partial charge >= 0.3 is 0 Å². The van der Waals surface area contributed by atoms with Gasteiger partial charge in [-0.3, -0.25) is 9.78 Å². The number of Topliss-reactive ketones (excluding diaryl/α,β-unsaturated/α-hetero) is 1. The first kappa shape index (κ1) is 21.0. The Hall–Kier alpha value is -2.72. The molecule has 3 rings (SSSR count). The zero-order valence-corrected chi connectivity index (χ0v) is 17.3. The van der Waals surface area contributed by atoms with Crippen LogP contribution in [0.5, 0.6) is 5.75 Å². The van der Waals surface area contributed by atoms with Crippen LogP contribution in [0, 0.1) is 5.82 Å². The summed E-state index contributed by atoms with van der Waals surface area (Å²) < 4.78 is 20.7. The molecule has 0 radical (unpaired) electrons. The smallest absolute Gasteiger partial charge is 0.138 e. The highest BCUT2D eigenvalue weighted by Crippen LogP contribution is 2.36. The Bertz CT molecular complexity index is 1000. The van der Waals surface area contributed by atoms with Gasteiger partial charge in [-0.25, -0.2) is 4.39 Å². The molecule has 2 aromatic carbocycles. The zero-order valence-electron chi connectivity index (χ0n) is 16.5. The van der Waals surface area contributed by atoms with Crippen LogP contribution in [0.2, 0.25) is 5.02 Å². The molecule has 1 aromatic heterocycles. The number of halogens is 2. The van der Waals surface area contributed by atoms with E-state index in [1.807, 2.05) is 25.1 Å². The molecule has 0 fully saturated rings. The second kappa shape index (κ2) is 9.66. The van der Waals surface area contributed by atoms with Crippen LogP contribution < -0.4 is 4.74 Å². The molecule has 150 valence electrons. The Kier molecular flexibility index (Phi) is 6.99. The normalized spacial score (nSPS) is 10.8. The summed E-state index contributed by atoms with van der Waals surface area (Å²) >= 11 is 6.09. The zero-order chi connectivity index (χ0) is 20.8. The third-order valence-corrected chi connectivity index (χ3v) is 5.09. The van der Waals surface area contributed by atoms with E-state index in [1.165, 1.54) is 7.11 Å². The molecule has 0 aliphatic rings. The van der Waals surface area contributed by atoms with Crippen molar-refractivity contribution in [2.45, 2.75) is 32.6 Å². The Morgan fingerprint density at radius 2 is 2.00 bits per heavy atom. The fourth-order valence-electron chi connectivity index (χ4n) is 3.19. The van der Waals surface area contributed by atoms with Gasteiger partial charge in [-0.1, -0.05) is 42.8 Å². The summed E-state index contributed by atoms with van der Waals surface area (Å²) in [6.45, 7) is 1.86. The second-order valence-electron chi connectivity index (χ2n) is 6.85. The van der Waals surface area contributed by atoms with Crippen LogP contribution in [0.3, 0.4) is 0 Å². The quantitative estimate of drug-likeness (QED) is 0.452. The molecule has 3 aromatic rings. The topological polar surface area (TPSA) is 39.2 Å². The number of carbonyl (C=O) groups is 1. The molecule has 0 N–H and O–H groups in total. The number of pyridine rings is 1. The lowest BCUT2D eigenvalue weighted by Gasteiger charge is -2.14. The number of methoxy groups -OCH3 is 1. The fraction of sp³-hybridized carbons (Fsp3) is 0.250. The van der Waals surface area contributed by atoms with Gasteiger partial charge in [0.25, 0.3) is 0 Å². The van der Waals surface area contributed by atoms with Gasteiger partial charge in [0.2, 0.25) is 0 Å². The number of ether oxygens (including phenoxy) is 1. The third kappa shape index (κ3) is 5.21. The summed E-state index contributed by atoms with van der Waals surface area (Å²) in [5.41, 5.74) is 3.39. The van der Waals surface area contributed by atoms with Crippen molar-refractivity contribution in [1.82, 2.24) is 4.98 Å². The minimum absolute atomic E-state index is 0.227. The standard InChI is InChI=1S/C24H23ClFNO2/c1-3-21(28)11-10-20-9-7-16(15-27-20)13-18-8-12-22(29-2)23(24(18)26)17-5-4-6-19(25)14-17/h4-9,12,14-15H,3,10-11,13H2,1-2H3. The van der Waals surface area contributed by atoms with Crippen molar-refractivity contribution in [3.8, 4) is 16.9 Å². The van der Waals surface area contributed by atoms with Gasteiger partial charge in [-0.15, -0.1) is 0 Å². The Morgan fingerprint density at radius 3 is 2.66 bits per heavy atom. The number of ketones is 1. The predicted octanol–water partition coefficient (Wildman–Crippen LogP) is 6.05. The van der Waals surface area contributed by atoms with Crippen LogP contribution in [0.4, 0.5) is 4.39 Å². The van der Waals surface area contributed by atoms with E-state index >= 15 is 4.39 Å². The highest BCUT2D eigenvalue weighted by Gasteiger charge is 2.17. The molecule has 3 nitrogen and oxygen atoms in total. The van der Waals surface area contributed by atoms with Crippen LogP contribution in [0.25, 0.3) is 11.1 Å². The molecule has 29 heavy (non-hydrogen) atoms. The van der Waals surface area contributed by atoms with Gasteiger partial charge in [-0.2, -0.15) is 0 Å². The van der Waals surface area contributed by atoms with Crippen molar-refractivity contribution in [3.05, 3.63) is 82.4 Å². The molecule has 0 spiro atoms. The average molecular weight is 412 g/mol. The summed E-state index contributed by atoms with van der Waals surface area (Å²) in [6, 6.07) is 14.4. The van der Waals surface area contributed by atoms with Crippen LogP contribution in [0.1, 0.15) is 36.6 Å². The predicted molar refractivity (Wildman–Crippen MR) is 114 cm³/mol. The van der Waals surface area contributed by atoms with Crippen molar-refractivity contribution in [2.24, 2.45) is 0 Å². The number of aryl methyl sites for hydroxylation is 1. The number of hydrogen-bond acceptors (Lipinski definition) is 3. The number of nitrogens with zero attached hydrogens (tertiary/aromatic N) is 1. The van der Waals surface area contributed by atoms with E-state index in [0.29, 0.717) is 53.1 Å². The Balaban J connectivity index is 1.84. The van der Waals surface area contributed by atoms with Crippen LogP contribution in [-0.2, 0) is 17.6 Å². The average Bonchev–Trinajstić information content (AvgIpc) is 2.74. The maximum absolute atomic E-state index is 15.4. The molecule has 0 saturated heterocycles. The van der Waals surface area contributed by atoms with Crippen molar-refractivity contribution in [2.75, 3.05) is 7.11 Å². The molecule has 0 amide bonds. The number of aromatic nitrogens is 1. The first-order chi connectivity index (χ1) is 14.0. The highest BCUT2D eigenvalue weighted by atomic mass is 35.5. The first-order valence-electron chi connectivity index (χ1n) is 9.58. The summed E-state index contributed by atoms with van der Waals surface area (Å²) in [6.07, 6.45) is 3.82. The van der Waals surface area contributed by atoms with Gasteiger partial charge in [0.05, 0.1) is 12.7 Å². The van der Waals surface area contributed by atoms with E-state index in [9.17, 15) is 4.79 Å². The summed E-state index contributed by atoms with van der Waals surface area (Å²) in [7, 11) is 1.52. The van der Waals surface area contributed by atoms with Crippen molar-refractivity contribution < 1.29 is 13.9 Å². The lowest BCUT2D eigenvalue weighted by atomic mass is 9.97. The molecule has 0 aliphatic carbocycles. The first-order valence-corrected chi connectivity index (χ1v) is 9.96. The van der Waals surface area contributed by atoms with Gasteiger partial charge in [0.15, 0.2) is 0 Å². The fourth-order valence-corrected chi connectivity index (χ4v) is 3.38. The minimum atomic E-state index is -0.329. The van der Waals surface area contributed by atoms with E-state index in [2.05, 4.69) is 4.98 Å². The lowest BCUT2D eigenvalue weighted by molar-refractivity contribution is -0.118. The number of benzene rings is 2. The summed E-state index contributed by atoms with van der Waals surface area (Å²) in [5, 5.41) is 0.538. The number of carbonyl (C=O) groups excluding carboxylic acids is 1. The van der Waals surface area contributed by atoms with E-state index in [0.717, 1.165) is 11.3 Å². The van der Waals surface area contributed by atoms with Gasteiger partial charge in [-0.05, 0) is 47.4 Å². The van der Waals surface area contributed by atoms with Crippen molar-refractivity contribution in [3.63, 3.8) is 0 Å². The largest absolute Gasteiger partial charge is 0.496 e. The van der Waals surface area contributed by atoms with Crippen molar-refractivity contribution >= 4 is 17.4 Å². The van der Waals surface area contributed by atoms with Crippen LogP contribution >= 0.6 is 11.6 Å². The van der Waals surface area contributed by atoms with Crippen molar-refractivity contribution in [1.29, 1.82) is 0 Å². The molecule has 1 heterocycles. The highest BCUT2D eigenvalue weighted by molar-refractivity contribution is 6.30. The number of rotatable bonds is 8. The summed E-state index contributed by atoms with van der Waals surface area (Å²) in [5.74, 6) is 0.358. The SMILES string of the molecule is CCC(=O)CCc1ccc(Cc2ccc(OC)c(-c3cccc(Cl)c3)c2F)cn1. The molecular weight excluding hydrogens is 389 g/mol. The lowest BCUT2D eigenvalue weighted by Crippen LogP contribution is -2.01. The Morgan fingerprint density at radius 1 is 1.17 bits per heavy atom. The minimum Gasteiger partial charge on any atom is -0.496 e. The van der Waals surface area contributed by atoms with Gasteiger partial charge in [0.1, 0.15) is 17.3 Å². The third-order valence-electron chi connectivity index (χ3n) is 4.85. The van der Waals surface area contributed by atoms with Gasteiger partial charge < -0.3 is 4.74 Å². The second-order valence-corrected chi connectivity index (χ2v) is 7.29. The molecular formula is C24H23ClFNO2. The maximum Gasteiger partial charge on any atom is 0.138 e. The monoisotopic (exact) mass is 411 g/mol. The molecule has 5 heteroatoms. The molecule has 0 bridgehead atoms. The Labute approximate surface area is 175 Å². The van der Waals surface area contributed by atoms with E-state index in [4.69, 9.17) is 16.3 Å². The van der Waals surface area contributed by atoms with E-state index < -0.39 is 0 Å².